The first kappa shape index (κ1) is 15.6. The van der Waals surface area contributed by atoms with E-state index < -0.39 is 0 Å². The highest BCUT2D eigenvalue weighted by atomic mass is 16.6. The number of ketones is 1. The SMILES string of the molecule is CC12C[C@@H]3O[C@@]34C(C=CC3=CC(=O)CCC34C)C1CC[C@@]21CCC(=O)O1. The van der Waals surface area contributed by atoms with E-state index in [9.17, 15) is 9.59 Å². The van der Waals surface area contributed by atoms with Crippen molar-refractivity contribution in [3.05, 3.63) is 23.8 Å². The van der Waals surface area contributed by atoms with Crippen molar-refractivity contribution in [2.24, 2.45) is 22.7 Å². The lowest BCUT2D eigenvalue weighted by Gasteiger charge is -2.54. The van der Waals surface area contributed by atoms with Gasteiger partial charge >= 0.3 is 5.97 Å². The minimum absolute atomic E-state index is 0.000890. The number of hydrogen-bond acceptors (Lipinski definition) is 4. The van der Waals surface area contributed by atoms with Crippen molar-refractivity contribution in [3.8, 4) is 0 Å². The minimum atomic E-state index is -0.278. The van der Waals surface area contributed by atoms with E-state index in [0.29, 0.717) is 24.7 Å². The van der Waals surface area contributed by atoms with Crippen LogP contribution in [0.4, 0.5) is 0 Å². The summed E-state index contributed by atoms with van der Waals surface area (Å²) in [4.78, 5) is 23.9. The third kappa shape index (κ3) is 1.47. The highest BCUT2D eigenvalue weighted by Gasteiger charge is 2.80. The summed E-state index contributed by atoms with van der Waals surface area (Å²) in [7, 11) is 0. The molecule has 2 heterocycles. The zero-order valence-electron chi connectivity index (χ0n) is 15.5. The first-order valence-electron chi connectivity index (χ1n) is 10.2. The quantitative estimate of drug-likeness (QED) is 0.493. The van der Waals surface area contributed by atoms with Crippen LogP contribution in [-0.2, 0) is 19.1 Å². The van der Waals surface area contributed by atoms with Crippen LogP contribution in [0.25, 0.3) is 0 Å². The number of carbonyl (C=O) groups is 2. The fraction of sp³-hybridized carbons (Fsp3) is 0.727. The zero-order valence-corrected chi connectivity index (χ0v) is 15.5. The number of hydrogen-bond donors (Lipinski definition) is 0. The van der Waals surface area contributed by atoms with Crippen LogP contribution in [-0.4, -0.2) is 29.1 Å². The number of ether oxygens (including phenoxy) is 2. The van der Waals surface area contributed by atoms with E-state index in [2.05, 4.69) is 26.0 Å². The number of fused-ring (bicyclic) bond motifs is 4. The van der Waals surface area contributed by atoms with Crippen LogP contribution in [0, 0.1) is 22.7 Å². The number of rotatable bonds is 0. The highest BCUT2D eigenvalue weighted by molar-refractivity contribution is 5.92. The highest BCUT2D eigenvalue weighted by Crippen LogP contribution is 2.76. The summed E-state index contributed by atoms with van der Waals surface area (Å²) in [5.74, 6) is 1.06. The molecule has 2 saturated heterocycles. The molecular formula is C22H26O4. The van der Waals surface area contributed by atoms with Crippen LogP contribution < -0.4 is 0 Å². The third-order valence-electron chi connectivity index (χ3n) is 9.23. The fourth-order valence-corrected chi connectivity index (χ4v) is 7.73. The summed E-state index contributed by atoms with van der Waals surface area (Å²) in [5.41, 5.74) is 0.679. The van der Waals surface area contributed by atoms with Gasteiger partial charge in [0.25, 0.3) is 0 Å². The van der Waals surface area contributed by atoms with Crippen LogP contribution in [0.5, 0.6) is 0 Å². The van der Waals surface area contributed by atoms with Crippen molar-refractivity contribution < 1.29 is 19.1 Å². The number of esters is 1. The average Bonchev–Trinajstić information content (AvgIpc) is 3.08. The molecule has 0 aromatic rings. The first-order chi connectivity index (χ1) is 12.3. The second-order valence-corrected chi connectivity index (χ2v) is 9.92. The van der Waals surface area contributed by atoms with Gasteiger partial charge in [-0.15, -0.1) is 0 Å². The number of epoxide rings is 1. The van der Waals surface area contributed by atoms with E-state index >= 15 is 0 Å². The van der Waals surface area contributed by atoms with Crippen LogP contribution in [0.15, 0.2) is 23.8 Å². The summed E-state index contributed by atoms with van der Waals surface area (Å²) in [6, 6.07) is 0. The summed E-state index contributed by atoms with van der Waals surface area (Å²) in [6.45, 7) is 4.66. The monoisotopic (exact) mass is 354 g/mol. The topological polar surface area (TPSA) is 55.9 Å². The Morgan fingerprint density at radius 1 is 1.12 bits per heavy atom. The van der Waals surface area contributed by atoms with Gasteiger partial charge in [-0.3, -0.25) is 9.59 Å². The molecule has 2 aliphatic heterocycles. The Balaban J connectivity index is 1.46. The van der Waals surface area contributed by atoms with Gasteiger partial charge < -0.3 is 9.47 Å². The molecule has 138 valence electrons. The predicted octanol–water partition coefficient (Wildman–Crippen LogP) is 3.50. The van der Waals surface area contributed by atoms with Crippen LogP contribution >= 0.6 is 0 Å². The van der Waals surface area contributed by atoms with E-state index in [1.54, 1.807) is 0 Å². The third-order valence-corrected chi connectivity index (χ3v) is 9.23. The average molecular weight is 354 g/mol. The molecule has 0 aromatic heterocycles. The Kier molecular flexibility index (Phi) is 2.61. The van der Waals surface area contributed by atoms with E-state index in [1.807, 2.05) is 6.08 Å². The molecule has 0 bridgehead atoms. The Bertz CT molecular complexity index is 811. The molecule has 0 N–H and O–H groups in total. The van der Waals surface area contributed by atoms with E-state index in [0.717, 1.165) is 37.7 Å². The summed E-state index contributed by atoms with van der Waals surface area (Å²) in [6.07, 6.45) is 12.6. The molecule has 6 rings (SSSR count). The van der Waals surface area contributed by atoms with Crippen LogP contribution in [0.1, 0.15) is 58.8 Å². The maximum absolute atomic E-state index is 12.0. The van der Waals surface area contributed by atoms with Crippen LogP contribution in [0.2, 0.25) is 0 Å². The molecule has 4 fully saturated rings. The number of carbonyl (C=O) groups excluding carboxylic acids is 2. The normalized spacial score (nSPS) is 56.4. The van der Waals surface area contributed by atoms with Gasteiger partial charge in [-0.1, -0.05) is 26.0 Å². The van der Waals surface area contributed by atoms with Gasteiger partial charge in [-0.2, -0.15) is 0 Å². The lowest BCUT2D eigenvalue weighted by atomic mass is 9.47. The van der Waals surface area contributed by atoms with Gasteiger partial charge in [0.2, 0.25) is 0 Å². The van der Waals surface area contributed by atoms with Crippen molar-refractivity contribution in [1.29, 1.82) is 0 Å². The molecule has 2 saturated carbocycles. The molecule has 0 aromatic carbocycles. The lowest BCUT2D eigenvalue weighted by Crippen LogP contribution is -2.58. The zero-order chi connectivity index (χ0) is 17.9. The second kappa shape index (κ2) is 4.35. The molecule has 6 aliphatic rings. The van der Waals surface area contributed by atoms with Crippen molar-refractivity contribution in [1.82, 2.24) is 0 Å². The van der Waals surface area contributed by atoms with E-state index in [-0.39, 0.29) is 39.9 Å². The van der Waals surface area contributed by atoms with Gasteiger partial charge in [-0.25, -0.2) is 0 Å². The Labute approximate surface area is 154 Å². The summed E-state index contributed by atoms with van der Waals surface area (Å²) >= 11 is 0. The molecule has 0 radical (unpaired) electrons. The second-order valence-electron chi connectivity index (χ2n) is 9.92. The van der Waals surface area contributed by atoms with Gasteiger partial charge in [-0.05, 0) is 49.7 Å². The molecule has 4 aliphatic carbocycles. The minimum Gasteiger partial charge on any atom is -0.458 e. The molecule has 7 atom stereocenters. The van der Waals surface area contributed by atoms with Crippen LogP contribution in [0.3, 0.4) is 0 Å². The standard InChI is InChI=1S/C22H26O4/c1-19-8-5-14(23)11-13(19)3-4-16-15-6-9-21(10-7-18(24)26-21)20(15,2)12-17-22(16,19)25-17/h3-4,11,15-17H,5-10,12H2,1-2H3/t15?,16?,17-,19?,20?,21+,22-/m0/s1. The fourth-order valence-electron chi connectivity index (χ4n) is 7.73. The Morgan fingerprint density at radius 3 is 2.73 bits per heavy atom. The first-order valence-corrected chi connectivity index (χ1v) is 10.2. The predicted molar refractivity (Wildman–Crippen MR) is 94.2 cm³/mol. The van der Waals surface area contributed by atoms with E-state index in [4.69, 9.17) is 9.47 Å². The molecule has 4 nitrogen and oxygen atoms in total. The van der Waals surface area contributed by atoms with Gasteiger partial charge in [0, 0.05) is 29.6 Å². The molecule has 0 amide bonds. The maximum atomic E-state index is 12.0. The van der Waals surface area contributed by atoms with Gasteiger partial charge in [0.1, 0.15) is 11.2 Å². The summed E-state index contributed by atoms with van der Waals surface area (Å²) in [5, 5.41) is 0. The largest absolute Gasteiger partial charge is 0.458 e. The number of allylic oxidation sites excluding steroid dienone is 2. The van der Waals surface area contributed by atoms with Crippen molar-refractivity contribution >= 4 is 11.8 Å². The van der Waals surface area contributed by atoms with Crippen molar-refractivity contribution in [2.75, 3.05) is 0 Å². The Hall–Kier alpha value is -1.42. The maximum Gasteiger partial charge on any atom is 0.306 e. The van der Waals surface area contributed by atoms with Crippen molar-refractivity contribution in [3.63, 3.8) is 0 Å². The molecule has 26 heavy (non-hydrogen) atoms. The van der Waals surface area contributed by atoms with Gasteiger partial charge in [0.05, 0.1) is 6.10 Å². The molecular weight excluding hydrogens is 328 g/mol. The molecule has 2 spiro atoms. The van der Waals surface area contributed by atoms with E-state index in [1.165, 1.54) is 0 Å². The molecule has 4 heteroatoms. The lowest BCUT2D eigenvalue weighted by molar-refractivity contribution is -0.162. The van der Waals surface area contributed by atoms with Gasteiger partial charge in [0.15, 0.2) is 5.78 Å². The summed E-state index contributed by atoms with van der Waals surface area (Å²) < 4.78 is 12.6. The molecule has 4 unspecified atom stereocenters. The smallest absolute Gasteiger partial charge is 0.306 e. The van der Waals surface area contributed by atoms with Crippen molar-refractivity contribution in [2.45, 2.75) is 76.1 Å². The Morgan fingerprint density at radius 2 is 1.96 bits per heavy atom.